The van der Waals surface area contributed by atoms with Crippen LogP contribution in [0.1, 0.15) is 56.1 Å². The molecule has 0 atom stereocenters. The third-order valence-corrected chi connectivity index (χ3v) is 8.87. The predicted molar refractivity (Wildman–Crippen MR) is 87.8 cm³/mol. The van der Waals surface area contributed by atoms with Gasteiger partial charge >= 0.3 is 0 Å². The highest BCUT2D eigenvalue weighted by atomic mass is 28.4. The fourth-order valence-electron chi connectivity index (χ4n) is 1.79. The van der Waals surface area contributed by atoms with E-state index in [4.69, 9.17) is 4.43 Å². The Labute approximate surface area is 124 Å². The molecule has 0 amide bonds. The molecule has 1 aromatic carbocycles. The summed E-state index contributed by atoms with van der Waals surface area (Å²) in [4.78, 5) is 11.4. The second-order valence-corrected chi connectivity index (χ2v) is 11.8. The summed E-state index contributed by atoms with van der Waals surface area (Å²) in [6.07, 6.45) is 0.928. The first-order valence-corrected chi connectivity index (χ1v) is 10.3. The zero-order valence-electron chi connectivity index (χ0n) is 14.0. The molecule has 0 saturated carbocycles. The molecule has 0 saturated heterocycles. The molecule has 0 aliphatic heterocycles. The molecule has 112 valence electrons. The third kappa shape index (κ3) is 4.03. The van der Waals surface area contributed by atoms with Gasteiger partial charge in [-0.3, -0.25) is 4.79 Å². The summed E-state index contributed by atoms with van der Waals surface area (Å²) in [7, 11) is -1.73. The van der Waals surface area contributed by atoms with Gasteiger partial charge in [-0.25, -0.2) is 0 Å². The summed E-state index contributed by atoms with van der Waals surface area (Å²) in [5.74, 6) is 0.122. The maximum absolute atomic E-state index is 11.4. The molecule has 0 N–H and O–H groups in total. The van der Waals surface area contributed by atoms with E-state index in [1.807, 2.05) is 18.2 Å². The van der Waals surface area contributed by atoms with Crippen LogP contribution in [0.25, 0.3) is 0 Å². The molecule has 0 bridgehead atoms. The Hall–Kier alpha value is -0.933. The monoisotopic (exact) mass is 292 g/mol. The van der Waals surface area contributed by atoms with Gasteiger partial charge in [-0.05, 0) is 48.7 Å². The van der Waals surface area contributed by atoms with Crippen LogP contribution in [0.5, 0.6) is 0 Å². The number of aryl methyl sites for hydroxylation is 1. The van der Waals surface area contributed by atoms with Crippen LogP contribution in [0.2, 0.25) is 18.1 Å². The molecule has 0 aliphatic rings. The zero-order chi connectivity index (χ0) is 15.6. The summed E-state index contributed by atoms with van der Waals surface area (Å²) in [5.41, 5.74) is 3.22. The van der Waals surface area contributed by atoms with Crippen molar-refractivity contribution in [1.82, 2.24) is 0 Å². The minimum atomic E-state index is -1.73. The van der Waals surface area contributed by atoms with Crippen LogP contribution in [0.4, 0.5) is 0 Å². The van der Waals surface area contributed by atoms with Crippen molar-refractivity contribution >= 4 is 14.1 Å². The number of benzene rings is 1. The van der Waals surface area contributed by atoms with Gasteiger partial charge in [0, 0.05) is 5.56 Å². The highest BCUT2D eigenvalue weighted by Gasteiger charge is 2.37. The Balaban J connectivity index is 2.91. The van der Waals surface area contributed by atoms with Crippen LogP contribution in [-0.4, -0.2) is 14.1 Å². The molecule has 0 heterocycles. The molecule has 0 unspecified atom stereocenters. The van der Waals surface area contributed by atoms with Crippen molar-refractivity contribution in [2.45, 2.75) is 65.8 Å². The maximum Gasteiger partial charge on any atom is 0.192 e. The van der Waals surface area contributed by atoms with E-state index < -0.39 is 8.32 Å². The lowest BCUT2D eigenvalue weighted by molar-refractivity contribution is 0.101. The van der Waals surface area contributed by atoms with Crippen LogP contribution < -0.4 is 0 Å². The lowest BCUT2D eigenvalue weighted by Crippen LogP contribution is -2.40. The fourth-order valence-corrected chi connectivity index (χ4v) is 2.74. The smallest absolute Gasteiger partial charge is 0.192 e. The van der Waals surface area contributed by atoms with Crippen molar-refractivity contribution < 1.29 is 9.22 Å². The van der Waals surface area contributed by atoms with Gasteiger partial charge in [0.15, 0.2) is 14.1 Å². The topological polar surface area (TPSA) is 26.3 Å². The molecule has 0 aliphatic carbocycles. The van der Waals surface area contributed by atoms with Crippen molar-refractivity contribution in [3.63, 3.8) is 0 Å². The Kier molecular flexibility index (Phi) is 5.33. The van der Waals surface area contributed by atoms with Crippen molar-refractivity contribution in [1.29, 1.82) is 0 Å². The Morgan fingerprint density at radius 3 is 2.25 bits per heavy atom. The first kappa shape index (κ1) is 17.1. The predicted octanol–water partition coefficient (Wildman–Crippen LogP) is 4.97. The lowest BCUT2D eigenvalue weighted by Gasteiger charge is -2.36. The van der Waals surface area contributed by atoms with Gasteiger partial charge in [-0.15, -0.1) is 0 Å². The van der Waals surface area contributed by atoms with Crippen LogP contribution >= 0.6 is 0 Å². The number of Topliss-reactive ketones (excluding diaryl/α,β-unsaturated/α-hetero) is 1. The molecule has 0 spiro atoms. The SMILES string of the molecule is CCc1cc(C(C)=O)ccc1CO[Si](C)(C)C(C)(C)C. The van der Waals surface area contributed by atoms with Crippen LogP contribution in [0.3, 0.4) is 0 Å². The Morgan fingerprint density at radius 1 is 1.20 bits per heavy atom. The summed E-state index contributed by atoms with van der Waals surface area (Å²) >= 11 is 0. The van der Waals surface area contributed by atoms with Gasteiger partial charge < -0.3 is 4.43 Å². The molecule has 0 radical (unpaired) electrons. The second kappa shape index (κ2) is 6.23. The van der Waals surface area contributed by atoms with Gasteiger partial charge in [0.05, 0.1) is 6.61 Å². The Morgan fingerprint density at radius 2 is 1.80 bits per heavy atom. The average molecular weight is 292 g/mol. The molecule has 3 heteroatoms. The summed E-state index contributed by atoms with van der Waals surface area (Å²) in [5, 5.41) is 0.221. The first-order valence-electron chi connectivity index (χ1n) is 7.35. The minimum Gasteiger partial charge on any atom is -0.413 e. The minimum absolute atomic E-state index is 0.122. The van der Waals surface area contributed by atoms with Gasteiger partial charge in [-0.2, -0.15) is 0 Å². The van der Waals surface area contributed by atoms with E-state index in [9.17, 15) is 4.79 Å². The number of hydrogen-bond donors (Lipinski definition) is 0. The van der Waals surface area contributed by atoms with Crippen molar-refractivity contribution in [2.24, 2.45) is 0 Å². The van der Waals surface area contributed by atoms with Gasteiger partial charge in [0.25, 0.3) is 0 Å². The largest absolute Gasteiger partial charge is 0.413 e. The van der Waals surface area contributed by atoms with Gasteiger partial charge in [0.2, 0.25) is 0 Å². The Bertz CT molecular complexity index is 484. The number of rotatable bonds is 5. The molecule has 0 fully saturated rings. The van der Waals surface area contributed by atoms with Gasteiger partial charge in [-0.1, -0.05) is 39.8 Å². The van der Waals surface area contributed by atoms with E-state index in [-0.39, 0.29) is 10.8 Å². The molecular formula is C17H28O2Si. The number of ketones is 1. The fraction of sp³-hybridized carbons (Fsp3) is 0.588. The summed E-state index contributed by atoms with van der Waals surface area (Å²) in [6, 6.07) is 5.96. The van der Waals surface area contributed by atoms with E-state index in [1.165, 1.54) is 11.1 Å². The number of hydrogen-bond acceptors (Lipinski definition) is 2. The van der Waals surface area contributed by atoms with Crippen LogP contribution in [0, 0.1) is 0 Å². The normalized spacial score (nSPS) is 12.6. The summed E-state index contributed by atoms with van der Waals surface area (Å²) < 4.78 is 6.28. The zero-order valence-corrected chi connectivity index (χ0v) is 15.0. The third-order valence-electron chi connectivity index (χ3n) is 4.39. The molecule has 2 nitrogen and oxygen atoms in total. The van der Waals surface area contributed by atoms with Gasteiger partial charge in [0.1, 0.15) is 0 Å². The molecule has 20 heavy (non-hydrogen) atoms. The maximum atomic E-state index is 11.4. The average Bonchev–Trinajstić information content (AvgIpc) is 2.34. The van der Waals surface area contributed by atoms with E-state index >= 15 is 0 Å². The highest BCUT2D eigenvalue weighted by Crippen LogP contribution is 2.37. The van der Waals surface area contributed by atoms with Crippen molar-refractivity contribution in [3.05, 3.63) is 34.9 Å². The van der Waals surface area contributed by atoms with E-state index in [0.29, 0.717) is 6.61 Å². The van der Waals surface area contributed by atoms with Crippen molar-refractivity contribution in [2.75, 3.05) is 0 Å². The lowest BCUT2D eigenvalue weighted by atomic mass is 10.0. The molecule has 1 rings (SSSR count). The van der Waals surface area contributed by atoms with Crippen molar-refractivity contribution in [3.8, 4) is 0 Å². The number of carbonyl (C=O) groups is 1. The van der Waals surface area contributed by atoms with Crippen LogP contribution in [-0.2, 0) is 17.5 Å². The summed E-state index contributed by atoms with van der Waals surface area (Å²) in [6.45, 7) is 15.7. The number of carbonyl (C=O) groups excluding carboxylic acids is 1. The van der Waals surface area contributed by atoms with Crippen LogP contribution in [0.15, 0.2) is 18.2 Å². The molecule has 1 aromatic rings. The van der Waals surface area contributed by atoms with E-state index in [2.05, 4.69) is 40.8 Å². The highest BCUT2D eigenvalue weighted by molar-refractivity contribution is 6.74. The van der Waals surface area contributed by atoms with E-state index in [1.54, 1.807) is 6.92 Å². The standard InChI is InChI=1S/C17H28O2Si/c1-8-14-11-15(13(2)18)9-10-16(14)12-19-20(6,7)17(3,4)5/h9-11H,8,12H2,1-7H3. The first-order chi connectivity index (χ1) is 9.08. The molecular weight excluding hydrogens is 264 g/mol. The molecule has 0 aromatic heterocycles. The van der Waals surface area contributed by atoms with E-state index in [0.717, 1.165) is 12.0 Å². The second-order valence-electron chi connectivity index (χ2n) is 6.94. The quantitative estimate of drug-likeness (QED) is 0.565.